The summed E-state index contributed by atoms with van der Waals surface area (Å²) < 4.78 is 0. The van der Waals surface area contributed by atoms with Gasteiger partial charge in [0.25, 0.3) is 0 Å². The average Bonchev–Trinajstić information content (AvgIpc) is 3.90. The van der Waals surface area contributed by atoms with Gasteiger partial charge in [0.05, 0.1) is 9.52 Å². The smallest absolute Gasteiger partial charge is 0.0920 e. The summed E-state index contributed by atoms with van der Waals surface area (Å²) in [5.41, 5.74) is 19.4. The van der Waals surface area contributed by atoms with Gasteiger partial charge in [0.15, 0.2) is 0 Å². The quantitative estimate of drug-likeness (QED) is 0.115. The summed E-state index contributed by atoms with van der Waals surface area (Å²) in [6.07, 6.45) is 4.74. The third-order valence-corrected chi connectivity index (χ3v) is 12.6. The Morgan fingerprint density at radius 1 is 0.500 bits per heavy atom. The van der Waals surface area contributed by atoms with Crippen LogP contribution in [0.4, 0.5) is 0 Å². The van der Waals surface area contributed by atoms with Crippen LogP contribution in [0.25, 0.3) is 54.9 Å². The third kappa shape index (κ3) is 8.78. The van der Waals surface area contributed by atoms with E-state index in [9.17, 15) is 0 Å². The molecule has 0 saturated heterocycles. The first-order valence-electron chi connectivity index (χ1n) is 20.0. The zero-order valence-electron chi connectivity index (χ0n) is 34.5. The standard InChI is InChI=1S/2C21H23.C12H7Si.Hf/c2*1-5-7-17-12-18-8-6-9-19(21(18)13-17)20-11-14(2)10-15(3)16(20)4;1-3-7-11-9(5-1)10-6-2-4-8-12(10)13-11;/h2*6,8-13H,5,7H2,1-4H3;1-7H;/q3*-1;. The van der Waals surface area contributed by atoms with Crippen molar-refractivity contribution in [1.29, 1.82) is 0 Å². The molecular weight excluding hydrogens is 855 g/mol. The minimum absolute atomic E-state index is 0. The largest absolute Gasteiger partial charge is 0.184 e. The van der Waals surface area contributed by atoms with Crippen molar-refractivity contribution in [2.75, 3.05) is 0 Å². The van der Waals surface area contributed by atoms with E-state index in [-0.39, 0.29) is 25.8 Å². The number of hydrogen-bond donors (Lipinski definition) is 0. The van der Waals surface area contributed by atoms with Crippen LogP contribution in [-0.2, 0) is 38.7 Å². The summed E-state index contributed by atoms with van der Waals surface area (Å²) in [5.74, 6) is 0. The second kappa shape index (κ2) is 18.3. The van der Waals surface area contributed by atoms with Gasteiger partial charge in [0, 0.05) is 25.8 Å². The second-order valence-electron chi connectivity index (χ2n) is 15.5. The van der Waals surface area contributed by atoms with Gasteiger partial charge in [-0.25, -0.2) is 0 Å². The van der Waals surface area contributed by atoms with Gasteiger partial charge in [0.2, 0.25) is 0 Å². The first kappa shape index (κ1) is 41.3. The van der Waals surface area contributed by atoms with E-state index in [1.54, 1.807) is 0 Å². The van der Waals surface area contributed by atoms with Crippen molar-refractivity contribution in [2.24, 2.45) is 0 Å². The van der Waals surface area contributed by atoms with E-state index < -0.39 is 0 Å². The molecule has 1 aliphatic rings. The van der Waals surface area contributed by atoms with Gasteiger partial charge in [-0.2, -0.15) is 41.6 Å². The Morgan fingerprint density at radius 2 is 0.982 bits per heavy atom. The SMILES string of the molecule is CCCc1cc2c(-c3cc(C)cc(C)c3C)cccc2[cH-]1.CCCc1cc2c(-c3cc(C)cc(C)c3C)cccc2[cH-]1.[Hf].[c-]1cccc2c1[Si]c1ccccc1-2. The van der Waals surface area contributed by atoms with Gasteiger partial charge in [-0.05, 0) is 87.8 Å². The van der Waals surface area contributed by atoms with Gasteiger partial charge < -0.3 is 0 Å². The van der Waals surface area contributed by atoms with Crippen molar-refractivity contribution < 1.29 is 25.8 Å². The maximum Gasteiger partial charge on any atom is 0.0920 e. The molecule has 0 spiro atoms. The van der Waals surface area contributed by atoms with Crippen LogP contribution in [0, 0.1) is 47.6 Å². The molecule has 280 valence electrons. The summed E-state index contributed by atoms with van der Waals surface area (Å²) in [5, 5.41) is 8.36. The minimum Gasteiger partial charge on any atom is -0.184 e. The Hall–Kier alpha value is -4.37. The van der Waals surface area contributed by atoms with Crippen LogP contribution in [0.15, 0.2) is 127 Å². The normalized spacial score (nSPS) is 11.3. The van der Waals surface area contributed by atoms with E-state index in [0.717, 1.165) is 9.52 Å². The fraction of sp³-hybridized carbons (Fsp3) is 0.222. The molecule has 0 aromatic heterocycles. The summed E-state index contributed by atoms with van der Waals surface area (Å²) in [4.78, 5) is 0. The molecule has 56 heavy (non-hydrogen) atoms. The number of fused-ring (bicyclic) bond motifs is 5. The summed E-state index contributed by atoms with van der Waals surface area (Å²) in [7, 11) is 0.795. The van der Waals surface area contributed by atoms with Crippen molar-refractivity contribution in [3.8, 4) is 33.4 Å². The van der Waals surface area contributed by atoms with Crippen LogP contribution >= 0.6 is 0 Å². The fourth-order valence-electron chi connectivity index (χ4n) is 8.29. The molecule has 0 unspecified atom stereocenters. The Morgan fingerprint density at radius 3 is 1.50 bits per heavy atom. The molecule has 0 N–H and O–H groups in total. The Labute approximate surface area is 357 Å². The van der Waals surface area contributed by atoms with Crippen molar-refractivity contribution in [3.63, 3.8) is 0 Å². The van der Waals surface area contributed by atoms with Crippen LogP contribution in [0.2, 0.25) is 0 Å². The van der Waals surface area contributed by atoms with Crippen molar-refractivity contribution in [2.45, 2.75) is 81.1 Å². The van der Waals surface area contributed by atoms with Gasteiger partial charge in [-0.1, -0.05) is 120 Å². The molecule has 0 bridgehead atoms. The molecule has 2 heteroatoms. The van der Waals surface area contributed by atoms with Crippen molar-refractivity contribution in [1.82, 2.24) is 0 Å². The molecule has 0 fully saturated rings. The molecular formula is C54H53HfSi-3. The number of benzene rings is 6. The van der Waals surface area contributed by atoms with E-state index >= 15 is 0 Å². The summed E-state index contributed by atoms with van der Waals surface area (Å²) >= 11 is 0. The summed E-state index contributed by atoms with van der Waals surface area (Å²) in [6.45, 7) is 17.7. The van der Waals surface area contributed by atoms with Crippen LogP contribution in [-0.4, -0.2) is 9.52 Å². The van der Waals surface area contributed by atoms with Crippen LogP contribution in [0.5, 0.6) is 0 Å². The van der Waals surface area contributed by atoms with Gasteiger partial charge in [0.1, 0.15) is 0 Å². The van der Waals surface area contributed by atoms with Crippen LogP contribution < -0.4 is 10.4 Å². The van der Waals surface area contributed by atoms with Gasteiger partial charge >= 0.3 is 0 Å². The van der Waals surface area contributed by atoms with Gasteiger partial charge in [-0.15, -0.1) is 74.6 Å². The Kier molecular flexibility index (Phi) is 13.5. The third-order valence-electron chi connectivity index (χ3n) is 11.2. The first-order valence-corrected chi connectivity index (χ1v) is 21.0. The molecule has 0 aliphatic carbocycles. The van der Waals surface area contributed by atoms with Crippen LogP contribution in [0.3, 0.4) is 0 Å². The number of rotatable bonds is 6. The molecule has 9 rings (SSSR count). The Balaban J connectivity index is 0.000000145. The number of hydrogen-bond acceptors (Lipinski definition) is 0. The van der Waals surface area contributed by atoms with E-state index in [4.69, 9.17) is 0 Å². The molecule has 0 amide bonds. The van der Waals surface area contributed by atoms with E-state index in [1.807, 2.05) is 6.07 Å². The molecule has 8 aromatic rings. The predicted molar refractivity (Wildman–Crippen MR) is 242 cm³/mol. The maximum atomic E-state index is 3.31. The van der Waals surface area contributed by atoms with Crippen molar-refractivity contribution in [3.05, 3.63) is 178 Å². The molecule has 2 radical (unpaired) electrons. The average molecular weight is 909 g/mol. The van der Waals surface area contributed by atoms with E-state index in [2.05, 4.69) is 183 Å². The number of aryl methyl sites for hydroxylation is 6. The molecule has 8 aromatic carbocycles. The molecule has 0 atom stereocenters. The molecule has 0 saturated carbocycles. The topological polar surface area (TPSA) is 0 Å². The second-order valence-corrected chi connectivity index (χ2v) is 16.8. The predicted octanol–water partition coefficient (Wildman–Crippen LogP) is 13.3. The minimum atomic E-state index is 0. The van der Waals surface area contributed by atoms with E-state index in [1.165, 1.54) is 135 Å². The first-order chi connectivity index (χ1) is 26.6. The molecule has 1 heterocycles. The van der Waals surface area contributed by atoms with Gasteiger partial charge in [-0.3, -0.25) is 0 Å². The van der Waals surface area contributed by atoms with Crippen LogP contribution in [0.1, 0.15) is 71.2 Å². The fourth-order valence-corrected chi connectivity index (χ4v) is 9.60. The molecule has 1 aliphatic heterocycles. The van der Waals surface area contributed by atoms with Crippen molar-refractivity contribution >= 4 is 41.4 Å². The zero-order valence-corrected chi connectivity index (χ0v) is 39.0. The monoisotopic (exact) mass is 909 g/mol. The van der Waals surface area contributed by atoms with E-state index in [0.29, 0.717) is 0 Å². The zero-order chi connectivity index (χ0) is 38.6. The summed E-state index contributed by atoms with van der Waals surface area (Å²) in [6, 6.07) is 50.2. The Bertz CT molecular complexity index is 2430. The molecule has 0 nitrogen and oxygen atoms in total. The maximum absolute atomic E-state index is 3.31.